The van der Waals surface area contributed by atoms with Gasteiger partial charge in [0.25, 0.3) is 0 Å². The summed E-state index contributed by atoms with van der Waals surface area (Å²) in [7, 11) is 0. The van der Waals surface area contributed by atoms with E-state index in [0.29, 0.717) is 22.6 Å². The first-order valence-electron chi connectivity index (χ1n) is 10.2. The number of fused-ring (bicyclic) bond motifs is 2. The maximum absolute atomic E-state index is 12.8. The normalized spacial score (nSPS) is 10.8. The lowest BCUT2D eigenvalue weighted by Crippen LogP contribution is -2.10. The second-order valence-electron chi connectivity index (χ2n) is 7.31. The number of carbonyl (C=O) groups is 2. The Balaban J connectivity index is 1.55. The molecule has 0 N–H and O–H groups in total. The second-order valence-corrected chi connectivity index (χ2v) is 7.31. The lowest BCUT2D eigenvalue weighted by atomic mass is 9.97. The molecular formula is C28H18O4. The third kappa shape index (κ3) is 3.82. The van der Waals surface area contributed by atoms with Crippen molar-refractivity contribution in [2.24, 2.45) is 0 Å². The molecule has 0 aliphatic carbocycles. The molecule has 5 aromatic carbocycles. The summed E-state index contributed by atoms with van der Waals surface area (Å²) in [5.74, 6) is 0.115. The van der Waals surface area contributed by atoms with Gasteiger partial charge >= 0.3 is 11.9 Å². The summed E-state index contributed by atoms with van der Waals surface area (Å²) in [4.78, 5) is 25.7. The maximum Gasteiger partial charge on any atom is 0.344 e. The number of ether oxygens (including phenoxy) is 2. The summed E-state index contributed by atoms with van der Waals surface area (Å²) >= 11 is 0. The van der Waals surface area contributed by atoms with Crippen LogP contribution in [0.5, 0.6) is 11.5 Å². The molecule has 0 saturated heterocycles. The number of hydrogen-bond acceptors (Lipinski definition) is 4. The van der Waals surface area contributed by atoms with Crippen molar-refractivity contribution < 1.29 is 19.1 Å². The molecule has 32 heavy (non-hydrogen) atoms. The molecule has 5 aromatic rings. The highest BCUT2D eigenvalue weighted by atomic mass is 16.5. The molecule has 0 heterocycles. The second kappa shape index (κ2) is 8.36. The van der Waals surface area contributed by atoms with Gasteiger partial charge in [-0.3, -0.25) is 0 Å². The summed E-state index contributed by atoms with van der Waals surface area (Å²) in [6.45, 7) is 0. The quantitative estimate of drug-likeness (QED) is 0.192. The SMILES string of the molecule is O=C(Oc1ccccc1)c1cccc2cc3c(C(=O)Oc4ccccc4)cccc3cc12. The van der Waals surface area contributed by atoms with E-state index in [1.165, 1.54) is 0 Å². The van der Waals surface area contributed by atoms with E-state index in [2.05, 4.69) is 0 Å². The Morgan fingerprint density at radius 2 is 0.875 bits per heavy atom. The first kappa shape index (κ1) is 19.5. The first-order chi connectivity index (χ1) is 15.7. The highest BCUT2D eigenvalue weighted by molar-refractivity contribution is 6.13. The molecule has 5 rings (SSSR count). The summed E-state index contributed by atoms with van der Waals surface area (Å²) in [5.41, 5.74) is 0.927. The van der Waals surface area contributed by atoms with Crippen LogP contribution in [0.1, 0.15) is 20.7 Å². The largest absolute Gasteiger partial charge is 0.423 e. The lowest BCUT2D eigenvalue weighted by Gasteiger charge is -2.11. The molecule has 0 aromatic heterocycles. The fourth-order valence-electron chi connectivity index (χ4n) is 3.71. The van der Waals surface area contributed by atoms with E-state index >= 15 is 0 Å². The fraction of sp³-hybridized carbons (Fsp3) is 0. The van der Waals surface area contributed by atoms with Crippen molar-refractivity contribution in [1.29, 1.82) is 0 Å². The van der Waals surface area contributed by atoms with E-state index in [0.717, 1.165) is 21.5 Å². The monoisotopic (exact) mass is 418 g/mol. The van der Waals surface area contributed by atoms with Crippen molar-refractivity contribution in [2.45, 2.75) is 0 Å². The van der Waals surface area contributed by atoms with Crippen LogP contribution in [0.4, 0.5) is 0 Å². The number of esters is 2. The Labute approximate surface area is 184 Å². The van der Waals surface area contributed by atoms with Gasteiger partial charge in [-0.05, 0) is 70.1 Å². The van der Waals surface area contributed by atoms with E-state index in [1.807, 2.05) is 60.7 Å². The summed E-state index contributed by atoms with van der Waals surface area (Å²) < 4.78 is 11.1. The van der Waals surface area contributed by atoms with Crippen LogP contribution in [0.15, 0.2) is 109 Å². The highest BCUT2D eigenvalue weighted by Crippen LogP contribution is 2.29. The van der Waals surface area contributed by atoms with Gasteiger partial charge in [-0.1, -0.05) is 60.7 Å². The highest BCUT2D eigenvalue weighted by Gasteiger charge is 2.16. The lowest BCUT2D eigenvalue weighted by molar-refractivity contribution is 0.0727. The molecule has 0 bridgehead atoms. The van der Waals surface area contributed by atoms with Gasteiger partial charge in [0.05, 0.1) is 11.1 Å². The average molecular weight is 418 g/mol. The van der Waals surface area contributed by atoms with Crippen LogP contribution in [0.3, 0.4) is 0 Å². The Morgan fingerprint density at radius 3 is 1.28 bits per heavy atom. The van der Waals surface area contributed by atoms with Gasteiger partial charge in [-0.2, -0.15) is 0 Å². The van der Waals surface area contributed by atoms with Gasteiger partial charge in [0.2, 0.25) is 0 Å². The molecule has 0 unspecified atom stereocenters. The molecule has 0 saturated carbocycles. The Bertz CT molecular complexity index is 1330. The van der Waals surface area contributed by atoms with Crippen LogP contribution >= 0.6 is 0 Å². The van der Waals surface area contributed by atoms with Crippen molar-refractivity contribution in [3.63, 3.8) is 0 Å². The molecule has 0 aliphatic heterocycles. The smallest absolute Gasteiger partial charge is 0.344 e. The molecule has 4 heteroatoms. The fourth-order valence-corrected chi connectivity index (χ4v) is 3.71. The topological polar surface area (TPSA) is 52.6 Å². The summed E-state index contributed by atoms with van der Waals surface area (Å²) in [6, 6.07) is 32.7. The Kier molecular flexibility index (Phi) is 5.10. The number of hydrogen-bond donors (Lipinski definition) is 0. The van der Waals surface area contributed by atoms with Crippen LogP contribution in [0, 0.1) is 0 Å². The zero-order valence-corrected chi connectivity index (χ0v) is 17.0. The zero-order chi connectivity index (χ0) is 21.9. The van der Waals surface area contributed by atoms with E-state index in [9.17, 15) is 9.59 Å². The minimum Gasteiger partial charge on any atom is -0.423 e. The van der Waals surface area contributed by atoms with Gasteiger partial charge in [0.1, 0.15) is 11.5 Å². The van der Waals surface area contributed by atoms with Gasteiger partial charge < -0.3 is 9.47 Å². The van der Waals surface area contributed by atoms with Gasteiger partial charge in [-0.25, -0.2) is 9.59 Å². The molecule has 0 spiro atoms. The maximum atomic E-state index is 12.8. The first-order valence-corrected chi connectivity index (χ1v) is 10.2. The summed E-state index contributed by atoms with van der Waals surface area (Å²) in [5, 5.41) is 3.18. The zero-order valence-electron chi connectivity index (χ0n) is 17.0. The van der Waals surface area contributed by atoms with Gasteiger partial charge in [-0.15, -0.1) is 0 Å². The molecule has 0 amide bonds. The predicted molar refractivity (Wildman–Crippen MR) is 124 cm³/mol. The molecular weight excluding hydrogens is 400 g/mol. The number of rotatable bonds is 4. The van der Waals surface area contributed by atoms with Crippen LogP contribution in [-0.4, -0.2) is 11.9 Å². The number of benzene rings is 5. The minimum absolute atomic E-state index is 0.430. The molecule has 0 radical (unpaired) electrons. The van der Waals surface area contributed by atoms with Crippen LogP contribution in [0.2, 0.25) is 0 Å². The molecule has 154 valence electrons. The van der Waals surface area contributed by atoms with E-state index < -0.39 is 11.9 Å². The molecule has 0 atom stereocenters. The average Bonchev–Trinajstić information content (AvgIpc) is 2.83. The third-order valence-electron chi connectivity index (χ3n) is 5.23. The van der Waals surface area contributed by atoms with Gasteiger partial charge in [0, 0.05) is 0 Å². The molecule has 0 fully saturated rings. The molecule has 0 aliphatic rings. The third-order valence-corrected chi connectivity index (χ3v) is 5.23. The van der Waals surface area contributed by atoms with Crippen molar-refractivity contribution in [3.05, 3.63) is 120 Å². The van der Waals surface area contributed by atoms with E-state index in [-0.39, 0.29) is 0 Å². The predicted octanol–water partition coefficient (Wildman–Crippen LogP) is 6.43. The summed E-state index contributed by atoms with van der Waals surface area (Å²) in [6.07, 6.45) is 0. The van der Waals surface area contributed by atoms with E-state index in [4.69, 9.17) is 9.47 Å². The van der Waals surface area contributed by atoms with Crippen molar-refractivity contribution in [2.75, 3.05) is 0 Å². The van der Waals surface area contributed by atoms with Crippen LogP contribution in [0.25, 0.3) is 21.5 Å². The van der Waals surface area contributed by atoms with Crippen molar-refractivity contribution in [1.82, 2.24) is 0 Å². The van der Waals surface area contributed by atoms with Crippen molar-refractivity contribution >= 4 is 33.5 Å². The van der Waals surface area contributed by atoms with Crippen LogP contribution in [-0.2, 0) is 0 Å². The van der Waals surface area contributed by atoms with E-state index in [1.54, 1.807) is 48.5 Å². The standard InChI is InChI=1S/C28H18O4/c29-27(31-21-11-3-1-4-12-21)23-15-7-9-19-18-26-20(17-25(19)23)10-8-16-24(26)28(30)32-22-13-5-2-6-14-22/h1-18H. The molecule has 4 nitrogen and oxygen atoms in total. The number of carbonyl (C=O) groups excluding carboxylic acids is 2. The minimum atomic E-state index is -0.430. The van der Waals surface area contributed by atoms with Gasteiger partial charge in [0.15, 0.2) is 0 Å². The van der Waals surface area contributed by atoms with Crippen molar-refractivity contribution in [3.8, 4) is 11.5 Å². The Morgan fingerprint density at radius 1 is 0.469 bits per heavy atom. The Hall–Kier alpha value is -4.44. The van der Waals surface area contributed by atoms with Crippen LogP contribution < -0.4 is 9.47 Å². The number of para-hydroxylation sites is 2.